The molecule has 0 radical (unpaired) electrons. The molecule has 1 N–H and O–H groups in total. The maximum atomic E-state index is 6.18. The molecule has 0 spiro atoms. The SMILES string of the molecule is CN1CCN(c2ccnc(Nc3cccc(Cl)c3Cl)n2)CC1. The minimum atomic E-state index is 0.470. The van der Waals surface area contributed by atoms with Crippen LogP contribution in [0.3, 0.4) is 0 Å². The molecule has 0 amide bonds. The Bertz CT molecular complexity index is 656. The van der Waals surface area contributed by atoms with Crippen LogP contribution in [0.4, 0.5) is 17.5 Å². The van der Waals surface area contributed by atoms with Crippen LogP contribution in [0.2, 0.25) is 10.0 Å². The minimum Gasteiger partial charge on any atom is -0.354 e. The van der Waals surface area contributed by atoms with Crippen molar-refractivity contribution in [3.05, 3.63) is 40.5 Å². The Kier molecular flexibility index (Phi) is 4.66. The largest absolute Gasteiger partial charge is 0.354 e. The molecule has 0 aliphatic carbocycles. The molecule has 22 heavy (non-hydrogen) atoms. The maximum absolute atomic E-state index is 6.18. The Morgan fingerprint density at radius 3 is 2.64 bits per heavy atom. The Morgan fingerprint density at radius 2 is 1.86 bits per heavy atom. The van der Waals surface area contributed by atoms with Gasteiger partial charge in [-0.15, -0.1) is 0 Å². The van der Waals surface area contributed by atoms with Crippen molar-refractivity contribution in [2.45, 2.75) is 0 Å². The van der Waals surface area contributed by atoms with Gasteiger partial charge in [0.15, 0.2) is 0 Å². The number of aromatic nitrogens is 2. The molecule has 116 valence electrons. The summed E-state index contributed by atoms with van der Waals surface area (Å²) in [6.07, 6.45) is 1.75. The highest BCUT2D eigenvalue weighted by atomic mass is 35.5. The van der Waals surface area contributed by atoms with E-state index in [0.29, 0.717) is 21.7 Å². The topological polar surface area (TPSA) is 44.3 Å². The van der Waals surface area contributed by atoms with E-state index in [4.69, 9.17) is 23.2 Å². The van der Waals surface area contributed by atoms with Gasteiger partial charge in [-0.3, -0.25) is 0 Å². The first-order valence-electron chi connectivity index (χ1n) is 7.11. The molecule has 2 aromatic rings. The highest BCUT2D eigenvalue weighted by Crippen LogP contribution is 2.31. The lowest BCUT2D eigenvalue weighted by Gasteiger charge is -2.33. The molecule has 1 aliphatic rings. The predicted octanol–water partition coefficient (Wildman–Crippen LogP) is 3.28. The molecule has 0 bridgehead atoms. The van der Waals surface area contributed by atoms with Gasteiger partial charge in [-0.25, -0.2) is 4.98 Å². The van der Waals surface area contributed by atoms with Gasteiger partial charge in [-0.1, -0.05) is 29.3 Å². The van der Waals surface area contributed by atoms with Gasteiger partial charge in [0.1, 0.15) is 5.82 Å². The lowest BCUT2D eigenvalue weighted by molar-refractivity contribution is 0.312. The van der Waals surface area contributed by atoms with Crippen molar-refractivity contribution >= 4 is 40.7 Å². The van der Waals surface area contributed by atoms with Crippen molar-refractivity contribution in [2.24, 2.45) is 0 Å². The van der Waals surface area contributed by atoms with Gasteiger partial charge in [0.25, 0.3) is 0 Å². The summed E-state index contributed by atoms with van der Waals surface area (Å²) in [4.78, 5) is 13.4. The van der Waals surface area contributed by atoms with Gasteiger partial charge in [-0.05, 0) is 25.2 Å². The molecule has 2 heterocycles. The normalized spacial score (nSPS) is 15.9. The van der Waals surface area contributed by atoms with Crippen LogP contribution in [0.5, 0.6) is 0 Å². The van der Waals surface area contributed by atoms with Gasteiger partial charge in [0.2, 0.25) is 5.95 Å². The van der Waals surface area contributed by atoms with Crippen LogP contribution in [-0.4, -0.2) is 48.1 Å². The molecule has 0 unspecified atom stereocenters. The van der Waals surface area contributed by atoms with Crippen LogP contribution in [-0.2, 0) is 0 Å². The van der Waals surface area contributed by atoms with Crippen molar-refractivity contribution in [3.8, 4) is 0 Å². The third-order valence-electron chi connectivity index (χ3n) is 3.67. The van der Waals surface area contributed by atoms with E-state index < -0.39 is 0 Å². The van der Waals surface area contributed by atoms with Crippen molar-refractivity contribution in [3.63, 3.8) is 0 Å². The van der Waals surface area contributed by atoms with E-state index in [1.54, 1.807) is 12.3 Å². The van der Waals surface area contributed by atoms with Gasteiger partial charge in [0.05, 0.1) is 15.7 Å². The number of rotatable bonds is 3. The number of benzene rings is 1. The molecule has 1 aromatic carbocycles. The van der Waals surface area contributed by atoms with Crippen molar-refractivity contribution in [1.82, 2.24) is 14.9 Å². The number of halogens is 2. The van der Waals surface area contributed by atoms with Crippen molar-refractivity contribution < 1.29 is 0 Å². The predicted molar refractivity (Wildman–Crippen MR) is 91.5 cm³/mol. The lowest BCUT2D eigenvalue weighted by atomic mass is 10.3. The third-order valence-corrected chi connectivity index (χ3v) is 4.49. The van der Waals surface area contributed by atoms with Crippen LogP contribution in [0.25, 0.3) is 0 Å². The molecule has 1 aromatic heterocycles. The molecular weight excluding hydrogens is 321 g/mol. The zero-order valence-corrected chi connectivity index (χ0v) is 13.8. The second-order valence-corrected chi connectivity index (χ2v) is 6.04. The van der Waals surface area contributed by atoms with Crippen molar-refractivity contribution in [1.29, 1.82) is 0 Å². The number of likely N-dealkylation sites (N-methyl/N-ethyl adjacent to an activating group) is 1. The number of hydrogen-bond donors (Lipinski definition) is 1. The van der Waals surface area contributed by atoms with E-state index in [2.05, 4.69) is 32.1 Å². The second kappa shape index (κ2) is 6.69. The Balaban J connectivity index is 1.78. The molecule has 5 nitrogen and oxygen atoms in total. The summed E-state index contributed by atoms with van der Waals surface area (Å²) in [7, 11) is 2.13. The van der Waals surface area contributed by atoms with E-state index in [1.165, 1.54) is 0 Å². The van der Waals surface area contributed by atoms with Crippen LogP contribution in [0, 0.1) is 0 Å². The van der Waals surface area contributed by atoms with Crippen LogP contribution >= 0.6 is 23.2 Å². The lowest BCUT2D eigenvalue weighted by Crippen LogP contribution is -2.44. The quantitative estimate of drug-likeness (QED) is 0.931. The van der Waals surface area contributed by atoms with Crippen LogP contribution in [0.1, 0.15) is 0 Å². The zero-order valence-electron chi connectivity index (χ0n) is 12.3. The van der Waals surface area contributed by atoms with Gasteiger partial charge in [-0.2, -0.15) is 4.98 Å². The first-order valence-corrected chi connectivity index (χ1v) is 7.86. The number of nitrogens with one attached hydrogen (secondary N) is 1. The first-order chi connectivity index (χ1) is 10.6. The number of hydrogen-bond acceptors (Lipinski definition) is 5. The van der Waals surface area contributed by atoms with E-state index in [0.717, 1.165) is 32.0 Å². The maximum Gasteiger partial charge on any atom is 0.229 e. The average molecular weight is 338 g/mol. The molecule has 0 atom stereocenters. The summed E-state index contributed by atoms with van der Waals surface area (Å²) in [5, 5.41) is 4.10. The van der Waals surface area contributed by atoms with Gasteiger partial charge < -0.3 is 15.1 Å². The third kappa shape index (κ3) is 3.43. The highest BCUT2D eigenvalue weighted by molar-refractivity contribution is 6.43. The van der Waals surface area contributed by atoms with E-state index >= 15 is 0 Å². The molecule has 7 heteroatoms. The molecule has 3 rings (SSSR count). The Morgan fingerprint density at radius 1 is 1.09 bits per heavy atom. The summed E-state index contributed by atoms with van der Waals surface area (Å²) < 4.78 is 0. The second-order valence-electron chi connectivity index (χ2n) is 5.26. The van der Waals surface area contributed by atoms with Crippen molar-refractivity contribution in [2.75, 3.05) is 43.4 Å². The zero-order chi connectivity index (χ0) is 15.5. The van der Waals surface area contributed by atoms with E-state index in [1.807, 2.05) is 18.2 Å². The standard InChI is InChI=1S/C15H17Cl2N5/c1-21-7-9-22(10-8-21)13-5-6-18-15(20-13)19-12-4-2-3-11(16)14(12)17/h2-6H,7-10H2,1H3,(H,18,19,20). The summed E-state index contributed by atoms with van der Waals surface area (Å²) in [5.41, 5.74) is 0.699. The van der Waals surface area contributed by atoms with E-state index in [-0.39, 0.29) is 0 Å². The number of nitrogens with zero attached hydrogens (tertiary/aromatic N) is 4. The smallest absolute Gasteiger partial charge is 0.229 e. The Hall–Kier alpha value is -1.56. The molecule has 1 saturated heterocycles. The fourth-order valence-electron chi connectivity index (χ4n) is 2.34. The summed E-state index contributed by atoms with van der Waals surface area (Å²) >= 11 is 12.2. The number of anilines is 3. The van der Waals surface area contributed by atoms with E-state index in [9.17, 15) is 0 Å². The molecular formula is C15H17Cl2N5. The van der Waals surface area contributed by atoms with Gasteiger partial charge in [0, 0.05) is 32.4 Å². The highest BCUT2D eigenvalue weighted by Gasteiger charge is 2.16. The monoisotopic (exact) mass is 337 g/mol. The molecule has 1 fully saturated rings. The fourth-order valence-corrected chi connectivity index (χ4v) is 2.69. The summed E-state index contributed by atoms with van der Waals surface area (Å²) in [6, 6.07) is 7.35. The summed E-state index contributed by atoms with van der Waals surface area (Å²) in [5.74, 6) is 1.43. The molecule has 1 aliphatic heterocycles. The first kappa shape index (κ1) is 15.3. The number of piperazine rings is 1. The summed E-state index contributed by atoms with van der Waals surface area (Å²) in [6.45, 7) is 4.00. The van der Waals surface area contributed by atoms with Gasteiger partial charge >= 0.3 is 0 Å². The Labute approximate surface area is 139 Å². The average Bonchev–Trinajstić information content (AvgIpc) is 2.53. The van der Waals surface area contributed by atoms with Crippen LogP contribution < -0.4 is 10.2 Å². The van der Waals surface area contributed by atoms with Crippen LogP contribution in [0.15, 0.2) is 30.5 Å². The fraction of sp³-hybridized carbons (Fsp3) is 0.333. The minimum absolute atomic E-state index is 0.470. The molecule has 0 saturated carbocycles.